The Balaban J connectivity index is 1.93. The van der Waals surface area contributed by atoms with Crippen LogP contribution in [0.5, 0.6) is 11.8 Å². The number of benzene rings is 1. The van der Waals surface area contributed by atoms with Gasteiger partial charge in [0.05, 0.1) is 10.6 Å². The SMILES string of the molecule is CC1CCCCN1S(=O)(=O)c1ccc(-n2c(O)ccc2O)cc1. The van der Waals surface area contributed by atoms with Crippen LogP contribution in [0.4, 0.5) is 0 Å². The number of hydrogen-bond acceptors (Lipinski definition) is 4. The topological polar surface area (TPSA) is 82.8 Å². The third-order valence-corrected chi connectivity index (χ3v) is 6.31. The predicted octanol–water partition coefficient (Wildman–Crippen LogP) is 2.45. The fourth-order valence-electron chi connectivity index (χ4n) is 3.01. The molecule has 1 atom stereocenters. The summed E-state index contributed by atoms with van der Waals surface area (Å²) >= 11 is 0. The van der Waals surface area contributed by atoms with E-state index in [1.54, 1.807) is 16.4 Å². The Morgan fingerprint density at radius 2 is 1.61 bits per heavy atom. The molecule has 1 aromatic carbocycles. The van der Waals surface area contributed by atoms with Crippen LogP contribution in [-0.4, -0.2) is 40.1 Å². The molecule has 0 aliphatic carbocycles. The number of rotatable bonds is 3. The Morgan fingerprint density at radius 1 is 1.00 bits per heavy atom. The highest BCUT2D eigenvalue weighted by atomic mass is 32.2. The molecule has 23 heavy (non-hydrogen) atoms. The molecule has 1 saturated heterocycles. The zero-order chi connectivity index (χ0) is 16.6. The van der Waals surface area contributed by atoms with Crippen molar-refractivity contribution in [2.45, 2.75) is 37.1 Å². The first-order valence-corrected chi connectivity index (χ1v) is 9.07. The summed E-state index contributed by atoms with van der Waals surface area (Å²) in [5.74, 6) is -0.217. The smallest absolute Gasteiger partial charge is 0.243 e. The highest BCUT2D eigenvalue weighted by Gasteiger charge is 2.30. The van der Waals surface area contributed by atoms with Crippen molar-refractivity contribution in [1.82, 2.24) is 8.87 Å². The Kier molecular flexibility index (Phi) is 4.08. The Bertz CT molecular complexity index is 776. The van der Waals surface area contributed by atoms with Crippen LogP contribution in [0.2, 0.25) is 0 Å². The van der Waals surface area contributed by atoms with E-state index in [1.807, 2.05) is 6.92 Å². The highest BCUT2D eigenvalue weighted by Crippen LogP contribution is 2.29. The van der Waals surface area contributed by atoms with Gasteiger partial charge in [-0.05, 0) is 44.0 Å². The average molecular weight is 336 g/mol. The number of nitrogens with zero attached hydrogens (tertiary/aromatic N) is 2. The Morgan fingerprint density at radius 3 is 2.17 bits per heavy atom. The number of piperidine rings is 1. The van der Waals surface area contributed by atoms with Crippen molar-refractivity contribution in [3.05, 3.63) is 36.4 Å². The lowest BCUT2D eigenvalue weighted by atomic mass is 10.1. The number of hydrogen-bond donors (Lipinski definition) is 2. The minimum atomic E-state index is -3.52. The third kappa shape index (κ3) is 2.82. The fraction of sp³-hybridized carbons (Fsp3) is 0.375. The quantitative estimate of drug-likeness (QED) is 0.902. The van der Waals surface area contributed by atoms with Crippen molar-refractivity contribution in [2.75, 3.05) is 6.54 Å². The van der Waals surface area contributed by atoms with Crippen LogP contribution in [-0.2, 0) is 10.0 Å². The third-order valence-electron chi connectivity index (χ3n) is 4.28. The van der Waals surface area contributed by atoms with E-state index in [9.17, 15) is 18.6 Å². The van der Waals surface area contributed by atoms with E-state index in [1.165, 1.54) is 28.8 Å². The molecule has 0 amide bonds. The molecule has 1 fully saturated rings. The van der Waals surface area contributed by atoms with Crippen LogP contribution in [0.15, 0.2) is 41.3 Å². The molecule has 2 aromatic rings. The minimum absolute atomic E-state index is 0.00552. The number of aromatic nitrogens is 1. The van der Waals surface area contributed by atoms with Crippen LogP contribution in [0, 0.1) is 0 Å². The maximum atomic E-state index is 12.7. The monoisotopic (exact) mass is 336 g/mol. The molecule has 1 aromatic heterocycles. The minimum Gasteiger partial charge on any atom is -0.494 e. The molecule has 0 saturated carbocycles. The standard InChI is InChI=1S/C16H20N2O4S/c1-12-4-2-3-11-17(12)23(21,22)14-7-5-13(6-8-14)18-15(19)9-10-16(18)20/h5-10,12,19-20H,2-4,11H2,1H3. The van der Waals surface area contributed by atoms with Gasteiger partial charge in [0.1, 0.15) is 0 Å². The summed E-state index contributed by atoms with van der Waals surface area (Å²) < 4.78 is 28.3. The predicted molar refractivity (Wildman–Crippen MR) is 86.3 cm³/mol. The van der Waals surface area contributed by atoms with Crippen LogP contribution in [0.3, 0.4) is 0 Å². The largest absolute Gasteiger partial charge is 0.494 e. The van der Waals surface area contributed by atoms with E-state index in [0.29, 0.717) is 12.2 Å². The van der Waals surface area contributed by atoms with E-state index in [-0.39, 0.29) is 22.7 Å². The number of aromatic hydroxyl groups is 2. The van der Waals surface area contributed by atoms with Crippen LogP contribution < -0.4 is 0 Å². The maximum absolute atomic E-state index is 12.7. The zero-order valence-corrected chi connectivity index (χ0v) is 13.7. The molecule has 124 valence electrons. The zero-order valence-electron chi connectivity index (χ0n) is 12.9. The molecular weight excluding hydrogens is 316 g/mol. The summed E-state index contributed by atoms with van der Waals surface area (Å²) in [6, 6.07) is 8.90. The summed E-state index contributed by atoms with van der Waals surface area (Å²) in [5.41, 5.74) is 0.496. The Hall–Kier alpha value is -1.99. The molecule has 6 nitrogen and oxygen atoms in total. The van der Waals surface area contributed by atoms with Crippen LogP contribution in [0.1, 0.15) is 26.2 Å². The van der Waals surface area contributed by atoms with Crippen molar-refractivity contribution in [1.29, 1.82) is 0 Å². The first kappa shape index (κ1) is 15.9. The first-order valence-electron chi connectivity index (χ1n) is 7.63. The lowest BCUT2D eigenvalue weighted by molar-refractivity contribution is 0.268. The molecule has 7 heteroatoms. The van der Waals surface area contributed by atoms with E-state index in [4.69, 9.17) is 0 Å². The molecule has 0 spiro atoms. The molecule has 0 radical (unpaired) electrons. The maximum Gasteiger partial charge on any atom is 0.243 e. The molecule has 1 aliphatic rings. The fourth-order valence-corrected chi connectivity index (χ4v) is 4.71. The first-order chi connectivity index (χ1) is 10.9. The van der Waals surface area contributed by atoms with Gasteiger partial charge in [0.15, 0.2) is 11.8 Å². The van der Waals surface area contributed by atoms with Crippen LogP contribution in [0.25, 0.3) is 5.69 Å². The summed E-state index contributed by atoms with van der Waals surface area (Å²) in [6.07, 6.45) is 2.81. The number of sulfonamides is 1. The summed E-state index contributed by atoms with van der Waals surface area (Å²) in [6.45, 7) is 2.48. The summed E-state index contributed by atoms with van der Waals surface area (Å²) in [5, 5.41) is 19.5. The van der Waals surface area contributed by atoms with Gasteiger partial charge in [0.2, 0.25) is 10.0 Å². The van der Waals surface area contributed by atoms with Crippen molar-refractivity contribution in [2.24, 2.45) is 0 Å². The lowest BCUT2D eigenvalue weighted by Gasteiger charge is -2.32. The second kappa shape index (κ2) is 5.90. The van der Waals surface area contributed by atoms with E-state index in [2.05, 4.69) is 0 Å². The van der Waals surface area contributed by atoms with Gasteiger partial charge in [-0.1, -0.05) is 6.42 Å². The van der Waals surface area contributed by atoms with Crippen LogP contribution >= 0.6 is 0 Å². The van der Waals surface area contributed by atoms with Gasteiger partial charge >= 0.3 is 0 Å². The molecule has 1 aliphatic heterocycles. The van der Waals surface area contributed by atoms with Gasteiger partial charge in [-0.25, -0.2) is 8.42 Å². The molecular formula is C16H20N2O4S. The Labute approximate surface area is 135 Å². The highest BCUT2D eigenvalue weighted by molar-refractivity contribution is 7.89. The van der Waals surface area contributed by atoms with E-state index in [0.717, 1.165) is 19.3 Å². The van der Waals surface area contributed by atoms with E-state index < -0.39 is 10.0 Å². The molecule has 3 rings (SSSR count). The normalized spacial score (nSPS) is 19.8. The van der Waals surface area contributed by atoms with Gasteiger partial charge in [0, 0.05) is 24.7 Å². The van der Waals surface area contributed by atoms with Gasteiger partial charge in [-0.3, -0.25) is 4.57 Å². The van der Waals surface area contributed by atoms with Crippen molar-refractivity contribution in [3.8, 4) is 17.4 Å². The average Bonchev–Trinajstić information content (AvgIpc) is 2.86. The van der Waals surface area contributed by atoms with Gasteiger partial charge in [-0.2, -0.15) is 4.31 Å². The van der Waals surface area contributed by atoms with Crippen molar-refractivity contribution < 1.29 is 18.6 Å². The van der Waals surface area contributed by atoms with Crippen molar-refractivity contribution in [3.63, 3.8) is 0 Å². The van der Waals surface area contributed by atoms with Gasteiger partial charge in [-0.15, -0.1) is 0 Å². The van der Waals surface area contributed by atoms with Gasteiger partial charge < -0.3 is 10.2 Å². The van der Waals surface area contributed by atoms with E-state index >= 15 is 0 Å². The summed E-state index contributed by atoms with van der Waals surface area (Å²) in [7, 11) is -3.52. The summed E-state index contributed by atoms with van der Waals surface area (Å²) in [4.78, 5) is 0.223. The second-order valence-electron chi connectivity index (χ2n) is 5.84. The second-order valence-corrected chi connectivity index (χ2v) is 7.73. The molecule has 2 heterocycles. The molecule has 0 bridgehead atoms. The molecule has 2 N–H and O–H groups in total. The lowest BCUT2D eigenvalue weighted by Crippen LogP contribution is -2.41. The van der Waals surface area contributed by atoms with Gasteiger partial charge in [0.25, 0.3) is 0 Å². The molecule has 1 unspecified atom stereocenters. The van der Waals surface area contributed by atoms with Crippen molar-refractivity contribution >= 4 is 10.0 Å².